The van der Waals surface area contributed by atoms with E-state index in [9.17, 15) is 9.59 Å². The number of Topliss-reactive ketones (excluding diaryl/α,β-unsaturated/α-hetero) is 2. The first-order chi connectivity index (χ1) is 16.7. The van der Waals surface area contributed by atoms with Crippen LogP contribution in [0.1, 0.15) is 36.3 Å². The maximum atomic E-state index is 13.4. The van der Waals surface area contributed by atoms with Crippen LogP contribution in [-0.4, -0.2) is 72.3 Å². The third-order valence-corrected chi connectivity index (χ3v) is 7.17. The van der Waals surface area contributed by atoms with E-state index >= 15 is 0 Å². The predicted molar refractivity (Wildman–Crippen MR) is 135 cm³/mol. The van der Waals surface area contributed by atoms with Gasteiger partial charge in [-0.05, 0) is 43.4 Å². The third kappa shape index (κ3) is 6.29. The number of unbranched alkanes of at least 4 members (excludes halogenated alkanes) is 1. The van der Waals surface area contributed by atoms with Crippen molar-refractivity contribution in [1.29, 1.82) is 0 Å². The van der Waals surface area contributed by atoms with Crippen LogP contribution in [0.3, 0.4) is 0 Å². The van der Waals surface area contributed by atoms with Crippen molar-refractivity contribution in [2.24, 2.45) is 5.92 Å². The molecule has 2 atom stereocenters. The Bertz CT molecular complexity index is 965. The summed E-state index contributed by atoms with van der Waals surface area (Å²) in [6.45, 7) is 5.90. The first kappa shape index (κ1) is 24.5. The molecule has 2 aromatic carbocycles. The number of nitrogens with zero attached hydrogens (tertiary/aromatic N) is 2. The molecule has 5 nitrogen and oxygen atoms in total. The number of aliphatic hydroxyl groups excluding tert-OH is 1. The van der Waals surface area contributed by atoms with E-state index in [-0.39, 0.29) is 30.0 Å². The minimum absolute atomic E-state index is 0.0126. The molecule has 1 aliphatic carbocycles. The Morgan fingerprint density at radius 3 is 2.09 bits per heavy atom. The topological polar surface area (TPSA) is 60.9 Å². The fourth-order valence-corrected chi connectivity index (χ4v) is 5.22. The normalized spacial score (nSPS) is 23.5. The van der Waals surface area contributed by atoms with Crippen molar-refractivity contribution in [3.8, 4) is 0 Å². The van der Waals surface area contributed by atoms with Gasteiger partial charge in [-0.3, -0.25) is 14.5 Å². The Hall–Kier alpha value is -2.60. The number of piperazine rings is 1. The predicted octanol–water partition coefficient (Wildman–Crippen LogP) is 3.49. The molecule has 2 aliphatic rings. The van der Waals surface area contributed by atoms with Gasteiger partial charge in [-0.1, -0.05) is 66.7 Å². The lowest BCUT2D eigenvalue weighted by Crippen LogP contribution is -2.47. The number of allylic oxidation sites excluding steroid dienone is 2. The summed E-state index contributed by atoms with van der Waals surface area (Å²) in [7, 11) is 0. The second-order valence-electron chi connectivity index (χ2n) is 9.48. The van der Waals surface area contributed by atoms with Crippen LogP contribution in [0.5, 0.6) is 0 Å². The fourth-order valence-electron chi connectivity index (χ4n) is 5.22. The number of ketones is 2. The van der Waals surface area contributed by atoms with Crippen molar-refractivity contribution in [3.63, 3.8) is 0 Å². The van der Waals surface area contributed by atoms with Crippen molar-refractivity contribution in [2.75, 3.05) is 45.9 Å². The molecule has 34 heavy (non-hydrogen) atoms. The van der Waals surface area contributed by atoms with Crippen molar-refractivity contribution in [2.45, 2.75) is 31.6 Å². The summed E-state index contributed by atoms with van der Waals surface area (Å²) < 4.78 is 0. The van der Waals surface area contributed by atoms with E-state index in [1.165, 1.54) is 0 Å². The zero-order valence-corrected chi connectivity index (χ0v) is 19.9. The van der Waals surface area contributed by atoms with Gasteiger partial charge in [-0.2, -0.15) is 0 Å². The van der Waals surface area contributed by atoms with Gasteiger partial charge in [-0.15, -0.1) is 0 Å². The highest BCUT2D eigenvalue weighted by Crippen LogP contribution is 2.36. The van der Waals surface area contributed by atoms with Crippen LogP contribution in [0.4, 0.5) is 0 Å². The maximum absolute atomic E-state index is 13.4. The first-order valence-corrected chi connectivity index (χ1v) is 12.6. The molecule has 1 N–H and O–H groups in total. The molecule has 2 aromatic rings. The molecule has 2 fully saturated rings. The smallest absolute Gasteiger partial charge is 0.173 e. The highest BCUT2D eigenvalue weighted by atomic mass is 16.3. The number of β-amino-alcohol motifs (C(OH)–C–C–N with tert-alkyl or cyclic N) is 1. The highest BCUT2D eigenvalue weighted by molar-refractivity contribution is 6.24. The van der Waals surface area contributed by atoms with Gasteiger partial charge < -0.3 is 10.0 Å². The minimum atomic E-state index is -0.251. The van der Waals surface area contributed by atoms with Gasteiger partial charge in [0.15, 0.2) is 11.6 Å². The van der Waals surface area contributed by atoms with Crippen LogP contribution in [0, 0.1) is 5.92 Å². The van der Waals surface area contributed by atoms with Crippen molar-refractivity contribution >= 4 is 11.6 Å². The summed E-state index contributed by atoms with van der Waals surface area (Å²) in [4.78, 5) is 31.5. The fraction of sp³-hybridized carbons (Fsp3) is 0.448. The largest absolute Gasteiger partial charge is 0.395 e. The third-order valence-electron chi connectivity index (χ3n) is 7.17. The maximum Gasteiger partial charge on any atom is 0.173 e. The number of aliphatic hydroxyl groups is 1. The lowest BCUT2D eigenvalue weighted by Gasteiger charge is -2.34. The molecule has 1 saturated carbocycles. The average molecular weight is 461 g/mol. The molecular formula is C29H36N2O3. The number of rotatable bonds is 9. The summed E-state index contributed by atoms with van der Waals surface area (Å²) in [5.74, 6) is -0.425. The molecule has 5 heteroatoms. The average Bonchev–Trinajstić information content (AvgIpc) is 2.87. The molecule has 0 aromatic heterocycles. The molecule has 0 bridgehead atoms. The Balaban J connectivity index is 1.41. The minimum Gasteiger partial charge on any atom is -0.395 e. The molecule has 0 amide bonds. The van der Waals surface area contributed by atoms with E-state index in [1.54, 1.807) is 0 Å². The van der Waals surface area contributed by atoms with Gasteiger partial charge in [0.2, 0.25) is 0 Å². The molecule has 1 unspecified atom stereocenters. The number of hydrogen-bond acceptors (Lipinski definition) is 5. The Morgan fingerprint density at radius 1 is 0.824 bits per heavy atom. The van der Waals surface area contributed by atoms with Gasteiger partial charge in [-0.25, -0.2) is 0 Å². The summed E-state index contributed by atoms with van der Waals surface area (Å²) in [6.07, 6.45) is 4.84. The van der Waals surface area contributed by atoms with E-state index in [4.69, 9.17) is 5.11 Å². The Morgan fingerprint density at radius 2 is 1.44 bits per heavy atom. The number of hydrogen-bond donors (Lipinski definition) is 1. The van der Waals surface area contributed by atoms with Gasteiger partial charge in [0.1, 0.15) is 0 Å². The number of carbonyl (C=O) groups excluding carboxylic acids is 2. The molecule has 0 spiro atoms. The molecular weight excluding hydrogens is 424 g/mol. The van der Waals surface area contributed by atoms with Crippen molar-refractivity contribution in [1.82, 2.24) is 9.80 Å². The van der Waals surface area contributed by atoms with Crippen LogP contribution in [-0.2, 0) is 16.0 Å². The van der Waals surface area contributed by atoms with Gasteiger partial charge in [0.05, 0.1) is 12.2 Å². The van der Waals surface area contributed by atoms with Crippen LogP contribution < -0.4 is 0 Å². The van der Waals surface area contributed by atoms with Crippen LogP contribution in [0.2, 0.25) is 0 Å². The Labute approximate surface area is 203 Å². The number of benzene rings is 2. The van der Waals surface area contributed by atoms with Crippen LogP contribution in [0.15, 0.2) is 72.3 Å². The van der Waals surface area contributed by atoms with E-state index in [1.807, 2.05) is 54.6 Å². The zero-order chi connectivity index (χ0) is 23.8. The number of carbonyl (C=O) groups is 2. The molecule has 4 rings (SSSR count). The Kier molecular flexibility index (Phi) is 8.80. The lowest BCUT2D eigenvalue weighted by atomic mass is 9.71. The lowest BCUT2D eigenvalue weighted by molar-refractivity contribution is -0.128. The molecule has 180 valence electrons. The van der Waals surface area contributed by atoms with Gasteiger partial charge in [0, 0.05) is 44.6 Å². The summed E-state index contributed by atoms with van der Waals surface area (Å²) in [5, 5.41) is 9.10. The molecule has 1 saturated heterocycles. The van der Waals surface area contributed by atoms with Crippen LogP contribution >= 0.6 is 0 Å². The van der Waals surface area contributed by atoms with E-state index < -0.39 is 0 Å². The summed E-state index contributed by atoms with van der Waals surface area (Å²) in [5.41, 5.74) is 2.56. The highest BCUT2D eigenvalue weighted by Gasteiger charge is 2.39. The quantitative estimate of drug-likeness (QED) is 0.353. The molecule has 1 aliphatic heterocycles. The summed E-state index contributed by atoms with van der Waals surface area (Å²) in [6, 6.07) is 20.0. The van der Waals surface area contributed by atoms with E-state index in [0.29, 0.717) is 18.4 Å². The summed E-state index contributed by atoms with van der Waals surface area (Å²) >= 11 is 0. The second-order valence-corrected chi connectivity index (χ2v) is 9.48. The second kappa shape index (κ2) is 12.2. The van der Waals surface area contributed by atoms with E-state index in [2.05, 4.69) is 21.9 Å². The first-order valence-electron chi connectivity index (χ1n) is 12.6. The van der Waals surface area contributed by atoms with Gasteiger partial charge >= 0.3 is 0 Å². The monoisotopic (exact) mass is 460 g/mol. The standard InChI is InChI=1S/C29H36N2O3/c32-20-19-31-17-15-30(16-18-31)14-8-7-13-26-28(33)25(21-23-9-3-1-4-10-23)22-27(29(26)34)24-11-5-2-6-12-24/h1-6,9-13,25,27,32H,7-8,14-22H2/b26-13+/t25-,27?/m0/s1. The van der Waals surface area contributed by atoms with Crippen molar-refractivity contribution in [3.05, 3.63) is 83.4 Å². The van der Waals surface area contributed by atoms with Crippen LogP contribution in [0.25, 0.3) is 0 Å². The zero-order valence-electron chi connectivity index (χ0n) is 19.9. The van der Waals surface area contributed by atoms with E-state index in [0.717, 1.165) is 63.2 Å². The molecule has 0 radical (unpaired) electrons. The SMILES string of the molecule is O=C1/C(=C/CCCN2CCN(CCO)CC2)C(=O)[C@@H](Cc2ccccc2)CC1c1ccccc1. The van der Waals surface area contributed by atoms with Gasteiger partial charge in [0.25, 0.3) is 0 Å². The van der Waals surface area contributed by atoms with Crippen molar-refractivity contribution < 1.29 is 14.7 Å². The molecule has 1 heterocycles.